The van der Waals surface area contributed by atoms with E-state index in [1.807, 2.05) is 40.1 Å². The summed E-state index contributed by atoms with van der Waals surface area (Å²) in [5.74, 6) is -0.395. The molecule has 476 valence electrons. The highest BCUT2D eigenvalue weighted by atomic mass is 19.1. The lowest BCUT2D eigenvalue weighted by molar-refractivity contribution is -0.153. The molecule has 3 aromatic heterocycles. The fourth-order valence-electron chi connectivity index (χ4n) is 14.7. The molecule has 23 nitrogen and oxygen atoms in total. The number of amides is 6. The molecule has 0 unspecified atom stereocenters. The third-order valence-electron chi connectivity index (χ3n) is 19.9. The molecule has 90 heavy (non-hydrogen) atoms. The van der Waals surface area contributed by atoms with Crippen molar-refractivity contribution >= 4 is 80.5 Å². The summed E-state index contributed by atoms with van der Waals surface area (Å²) in [5, 5.41) is 16.5. The first-order valence-corrected chi connectivity index (χ1v) is 32.0. The second-order valence-electron chi connectivity index (χ2n) is 25.9. The molecule has 0 atom stereocenters. The van der Waals surface area contributed by atoms with E-state index >= 15 is 4.39 Å². The third-order valence-corrected chi connectivity index (χ3v) is 19.9. The zero-order chi connectivity index (χ0) is 62.8. The van der Waals surface area contributed by atoms with Crippen LogP contribution in [-0.4, -0.2) is 195 Å². The minimum Gasteiger partial charge on any atom is -0.468 e. The molecular weight excluding hydrogens is 1150 g/mol. The van der Waals surface area contributed by atoms with Crippen molar-refractivity contribution in [3.05, 3.63) is 89.8 Å². The molecular formula is C66H82FN15O8. The molecule has 6 amide bonds. The van der Waals surface area contributed by atoms with E-state index in [1.165, 1.54) is 37.1 Å². The summed E-state index contributed by atoms with van der Waals surface area (Å²) >= 11 is 0. The van der Waals surface area contributed by atoms with Crippen molar-refractivity contribution in [3.63, 3.8) is 0 Å². The SMILES string of the molecule is COC(=O)CNC(=O)CN(C)C(=O)Cn1nc(C2CC3(C2)CN(C(=O)CCC(=O)N2CCC(CN4CCC(C(=O)N5CCC(c6ccc(Nc7nc(N8CCCCC8)cnc7C(N)=O)cc6)CC5)CC4)CC2)C3)c2c(-c3cc4c(cnn4C)cc3F)cccc21. The molecule has 5 aliphatic heterocycles. The molecule has 1 spiro atoms. The largest absolute Gasteiger partial charge is 0.468 e. The maximum absolute atomic E-state index is 16.1. The number of aromatic nitrogens is 6. The van der Waals surface area contributed by atoms with Crippen molar-refractivity contribution in [2.24, 2.45) is 30.0 Å². The first-order valence-electron chi connectivity index (χ1n) is 32.0. The van der Waals surface area contributed by atoms with E-state index in [4.69, 9.17) is 15.8 Å². The van der Waals surface area contributed by atoms with Gasteiger partial charge in [-0.3, -0.25) is 42.9 Å². The summed E-state index contributed by atoms with van der Waals surface area (Å²) in [6.07, 6.45) is 13.8. The van der Waals surface area contributed by atoms with E-state index in [0.717, 1.165) is 138 Å². The number of carbonyl (C=O) groups is 7. The number of nitrogens with one attached hydrogen (secondary N) is 2. The number of rotatable bonds is 19. The number of hydrogen-bond acceptors (Lipinski definition) is 15. The Hall–Kier alpha value is -8.54. The van der Waals surface area contributed by atoms with Gasteiger partial charge in [0.1, 0.15) is 24.7 Å². The van der Waals surface area contributed by atoms with Crippen LogP contribution in [0, 0.1) is 23.1 Å². The van der Waals surface area contributed by atoms with Crippen LogP contribution in [0.3, 0.4) is 0 Å². The Bertz CT molecular complexity index is 3680. The normalized spacial score (nSPS) is 18.6. The number of aryl methyl sites for hydroxylation is 1. The van der Waals surface area contributed by atoms with Gasteiger partial charge in [0, 0.05) is 125 Å². The van der Waals surface area contributed by atoms with Gasteiger partial charge in [-0.1, -0.05) is 24.3 Å². The Morgan fingerprint density at radius 1 is 0.778 bits per heavy atom. The van der Waals surface area contributed by atoms with E-state index in [9.17, 15) is 33.6 Å². The number of benzene rings is 3. The number of ether oxygens (including phenoxy) is 1. The standard InChI is InChI=1S/C66H82FN15O8/c1-75(38-55(83)69-36-59(87)90-3)58(86)39-82-52-9-7-8-49(50-31-53-46(30-51(50)67)34-71-76(53)2)60(52)61(74-82)47-32-66(33-47)40-81(41-66)57(85)15-14-56(84)79-26-16-42(17-27-79)37-77-24-18-45(19-25-77)65(89)80-28-20-44(21-29-80)43-10-12-48(13-11-43)72-64-62(63(68)88)70-35-54(73-64)78-22-5-4-6-23-78/h7-13,30-31,34-35,42,44-45,47H,4-6,14-29,32-33,36-41H2,1-3H3,(H2,68,88)(H,69,83)(H,72,73). The molecule has 4 N–H and O–H groups in total. The number of likely N-dealkylation sites (tertiary alicyclic amines) is 4. The van der Waals surface area contributed by atoms with Crippen LogP contribution in [0.4, 0.5) is 21.7 Å². The zero-order valence-corrected chi connectivity index (χ0v) is 51.8. The van der Waals surface area contributed by atoms with Crippen molar-refractivity contribution in [3.8, 4) is 11.1 Å². The van der Waals surface area contributed by atoms with Gasteiger partial charge in [-0.2, -0.15) is 10.2 Å². The lowest BCUT2D eigenvalue weighted by Gasteiger charge is -2.59. The topological polar surface area (TPSA) is 260 Å². The Labute approximate surface area is 522 Å². The number of esters is 1. The second-order valence-corrected chi connectivity index (χ2v) is 25.9. The van der Waals surface area contributed by atoms with Crippen LogP contribution in [0.25, 0.3) is 32.9 Å². The maximum Gasteiger partial charge on any atom is 0.325 e. The zero-order valence-electron chi connectivity index (χ0n) is 51.8. The van der Waals surface area contributed by atoms with E-state index in [2.05, 4.69) is 52.3 Å². The first-order chi connectivity index (χ1) is 43.5. The molecule has 6 aromatic rings. The van der Waals surface area contributed by atoms with Crippen LogP contribution in [0.5, 0.6) is 0 Å². The number of primary amides is 1. The molecule has 5 saturated heterocycles. The van der Waals surface area contributed by atoms with Crippen LogP contribution >= 0.6 is 0 Å². The monoisotopic (exact) mass is 1230 g/mol. The summed E-state index contributed by atoms with van der Waals surface area (Å²) in [6.45, 7) is 7.76. The summed E-state index contributed by atoms with van der Waals surface area (Å²) in [6, 6.07) is 17.0. The van der Waals surface area contributed by atoms with Crippen LogP contribution in [0.1, 0.15) is 117 Å². The summed E-state index contributed by atoms with van der Waals surface area (Å²) in [5.41, 5.74) is 10.8. The molecule has 3 aromatic carbocycles. The number of carbonyl (C=O) groups excluding carboxylic acids is 7. The van der Waals surface area contributed by atoms with Gasteiger partial charge in [0.05, 0.1) is 42.8 Å². The van der Waals surface area contributed by atoms with Crippen molar-refractivity contribution in [2.45, 2.75) is 102 Å². The van der Waals surface area contributed by atoms with Gasteiger partial charge in [-0.15, -0.1) is 0 Å². The highest BCUT2D eigenvalue weighted by Crippen LogP contribution is 2.57. The van der Waals surface area contributed by atoms with E-state index < -0.39 is 29.5 Å². The molecule has 6 aliphatic rings. The maximum atomic E-state index is 16.1. The summed E-state index contributed by atoms with van der Waals surface area (Å²) < 4.78 is 24.0. The Kier molecular flexibility index (Phi) is 18.2. The molecule has 8 heterocycles. The molecule has 0 radical (unpaired) electrons. The predicted octanol–water partition coefficient (Wildman–Crippen LogP) is 5.94. The van der Waals surface area contributed by atoms with Crippen molar-refractivity contribution in [1.29, 1.82) is 0 Å². The van der Waals surface area contributed by atoms with Gasteiger partial charge in [-0.05, 0) is 137 Å². The van der Waals surface area contributed by atoms with Gasteiger partial charge in [0.25, 0.3) is 5.91 Å². The molecule has 1 saturated carbocycles. The lowest BCUT2D eigenvalue weighted by Crippen LogP contribution is -2.63. The number of anilines is 3. The van der Waals surface area contributed by atoms with Gasteiger partial charge in [0.2, 0.25) is 29.5 Å². The van der Waals surface area contributed by atoms with Crippen LogP contribution in [-0.2, 0) is 47.1 Å². The van der Waals surface area contributed by atoms with Gasteiger partial charge < -0.3 is 50.5 Å². The molecule has 0 bridgehead atoms. The van der Waals surface area contributed by atoms with Crippen molar-refractivity contribution < 1.29 is 42.7 Å². The quantitative estimate of drug-likeness (QED) is 0.0793. The van der Waals surface area contributed by atoms with Crippen LogP contribution < -0.4 is 21.3 Å². The third kappa shape index (κ3) is 13.3. The number of likely N-dealkylation sites (N-methyl/N-ethyl adjacent to an activating group) is 1. The summed E-state index contributed by atoms with van der Waals surface area (Å²) in [4.78, 5) is 112. The highest BCUT2D eigenvalue weighted by molar-refractivity contribution is 6.00. The number of nitrogens with zero attached hydrogens (tertiary/aromatic N) is 12. The smallest absolute Gasteiger partial charge is 0.325 e. The van der Waals surface area contributed by atoms with Gasteiger partial charge in [-0.25, -0.2) is 14.4 Å². The van der Waals surface area contributed by atoms with Gasteiger partial charge >= 0.3 is 5.97 Å². The van der Waals surface area contributed by atoms with Crippen LogP contribution in [0.2, 0.25) is 0 Å². The van der Waals surface area contributed by atoms with E-state index in [0.29, 0.717) is 65.9 Å². The predicted molar refractivity (Wildman–Crippen MR) is 336 cm³/mol. The van der Waals surface area contributed by atoms with E-state index in [-0.39, 0.29) is 73.1 Å². The first kappa shape index (κ1) is 61.7. The van der Waals surface area contributed by atoms with E-state index in [1.54, 1.807) is 34.9 Å². The minimum absolute atomic E-state index is 0.0143. The average molecular weight is 1230 g/mol. The number of fused-ring (bicyclic) bond motifs is 2. The number of hydrogen-bond donors (Lipinski definition) is 3. The molecule has 1 aliphatic carbocycles. The Morgan fingerprint density at radius 2 is 1.48 bits per heavy atom. The lowest BCUT2D eigenvalue weighted by atomic mass is 9.56. The minimum atomic E-state index is -0.631. The number of nitrogens with two attached hydrogens (primary N) is 1. The Balaban J connectivity index is 0.568. The van der Waals surface area contributed by atoms with Crippen molar-refractivity contribution in [1.82, 2.24) is 59.3 Å². The Morgan fingerprint density at radius 3 is 2.18 bits per heavy atom. The van der Waals surface area contributed by atoms with Gasteiger partial charge in [0.15, 0.2) is 11.5 Å². The fraction of sp³-hybridized carbons (Fsp3) is 0.530. The van der Waals surface area contributed by atoms with Crippen molar-refractivity contribution in [2.75, 3.05) is 109 Å². The second kappa shape index (κ2) is 26.5. The average Bonchev–Trinajstić information content (AvgIpc) is 1.01. The highest BCUT2D eigenvalue weighted by Gasteiger charge is 2.55. The summed E-state index contributed by atoms with van der Waals surface area (Å²) in [7, 11) is 4.52. The number of methoxy groups -OCH3 is 1. The number of halogens is 1. The fourth-order valence-corrected chi connectivity index (χ4v) is 14.7. The number of piperidine rings is 4. The molecule has 24 heteroatoms. The molecule has 12 rings (SSSR count). The van der Waals surface area contributed by atoms with Crippen LogP contribution in [0.15, 0.2) is 67.0 Å². The molecule has 6 fully saturated rings.